The lowest BCUT2D eigenvalue weighted by atomic mass is 9.96. The van der Waals surface area contributed by atoms with Gasteiger partial charge in [0, 0.05) is 38.6 Å². The van der Waals surface area contributed by atoms with Crippen LogP contribution in [0.3, 0.4) is 0 Å². The van der Waals surface area contributed by atoms with E-state index in [1.54, 1.807) is 0 Å². The Bertz CT molecular complexity index is 3500. The summed E-state index contributed by atoms with van der Waals surface area (Å²) in [5.74, 6) is 0. The maximum Gasteiger partial charge on any atom is 0.213 e. The average molecular weight is 743 g/mol. The fourth-order valence-electron chi connectivity index (χ4n) is 8.92. The van der Waals surface area contributed by atoms with Crippen molar-refractivity contribution in [2.45, 2.75) is 0 Å². The normalized spacial score (nSPS) is 11.8. The number of nitrogens with zero attached hydrogens (tertiary/aromatic N) is 2. The van der Waals surface area contributed by atoms with E-state index in [1.165, 1.54) is 16.5 Å². The van der Waals surface area contributed by atoms with Crippen LogP contribution in [0.15, 0.2) is 215 Å². The standard InChI is InChI=1S/C54H34N2O2/c1-3-13-35(14-4-1)36-27-30-41(31-28-36)55(48-22-11-20-45-44-17-8-10-23-49(44)57-53(45)48)42-32-29-37-33-39(26-25-38(37)34-42)43-19-12-24-50-51(43)52-46-18-7-9-21-47(46)56(54(52)58-50)40-15-5-2-6-16-40/h1-34H. The van der Waals surface area contributed by atoms with Crippen molar-refractivity contribution in [3.63, 3.8) is 0 Å². The van der Waals surface area contributed by atoms with Crippen LogP contribution in [0, 0.1) is 0 Å². The number of benzene rings is 9. The molecule has 0 aliphatic carbocycles. The zero-order chi connectivity index (χ0) is 38.2. The third-order valence-electron chi connectivity index (χ3n) is 11.6. The minimum atomic E-state index is 0.858. The Morgan fingerprint density at radius 2 is 1.03 bits per heavy atom. The average Bonchev–Trinajstić information content (AvgIpc) is 3.96. The molecule has 9 aromatic carbocycles. The van der Waals surface area contributed by atoms with E-state index in [0.717, 1.165) is 94.2 Å². The smallest absolute Gasteiger partial charge is 0.213 e. The summed E-state index contributed by atoms with van der Waals surface area (Å²) in [7, 11) is 0. The molecule has 0 unspecified atom stereocenters. The molecule has 12 rings (SSSR count). The quantitative estimate of drug-likeness (QED) is 0.170. The van der Waals surface area contributed by atoms with Crippen LogP contribution in [0.2, 0.25) is 0 Å². The Morgan fingerprint density at radius 1 is 0.397 bits per heavy atom. The molecule has 4 nitrogen and oxygen atoms in total. The summed E-state index contributed by atoms with van der Waals surface area (Å²) in [6, 6.07) is 73.1. The van der Waals surface area contributed by atoms with Gasteiger partial charge >= 0.3 is 0 Å². The minimum Gasteiger partial charge on any atom is -0.454 e. The molecule has 0 aliphatic heterocycles. The molecule has 0 atom stereocenters. The van der Waals surface area contributed by atoms with Gasteiger partial charge < -0.3 is 13.7 Å². The van der Waals surface area contributed by atoms with Crippen LogP contribution in [0.25, 0.3) is 93.6 Å². The van der Waals surface area contributed by atoms with Crippen LogP contribution in [-0.4, -0.2) is 4.57 Å². The highest BCUT2D eigenvalue weighted by atomic mass is 16.3. The second-order valence-electron chi connectivity index (χ2n) is 14.9. The molecule has 3 heterocycles. The number of rotatable bonds is 6. The van der Waals surface area contributed by atoms with Gasteiger partial charge in [-0.1, -0.05) is 140 Å². The van der Waals surface area contributed by atoms with E-state index in [-0.39, 0.29) is 0 Å². The fourth-order valence-corrected chi connectivity index (χ4v) is 8.92. The van der Waals surface area contributed by atoms with Gasteiger partial charge in [0.15, 0.2) is 5.58 Å². The maximum atomic E-state index is 6.73. The molecule has 0 aliphatic rings. The van der Waals surface area contributed by atoms with Gasteiger partial charge in [0.25, 0.3) is 0 Å². The van der Waals surface area contributed by atoms with Crippen molar-refractivity contribution in [1.29, 1.82) is 0 Å². The summed E-state index contributed by atoms with van der Waals surface area (Å²) in [5.41, 5.74) is 13.4. The predicted molar refractivity (Wildman–Crippen MR) is 241 cm³/mol. The van der Waals surface area contributed by atoms with Crippen LogP contribution >= 0.6 is 0 Å². The highest BCUT2D eigenvalue weighted by molar-refractivity contribution is 6.24. The van der Waals surface area contributed by atoms with Crippen molar-refractivity contribution in [2.24, 2.45) is 0 Å². The SMILES string of the molecule is c1ccc(-c2ccc(N(c3ccc4cc(-c5cccc6oc7c(c8ccccc8n7-c7ccccc7)c56)ccc4c3)c3cccc4c3oc3ccccc34)cc2)cc1. The molecule has 272 valence electrons. The number of hydrogen-bond donors (Lipinski definition) is 0. The molecule has 0 amide bonds. The Labute approximate surface area is 334 Å². The molecule has 4 heteroatoms. The van der Waals surface area contributed by atoms with Crippen molar-refractivity contribution in [2.75, 3.05) is 4.90 Å². The third kappa shape index (κ3) is 5.02. The van der Waals surface area contributed by atoms with Gasteiger partial charge in [-0.2, -0.15) is 0 Å². The second-order valence-corrected chi connectivity index (χ2v) is 14.9. The number of hydrogen-bond acceptors (Lipinski definition) is 3. The maximum absolute atomic E-state index is 6.73. The van der Waals surface area contributed by atoms with Crippen molar-refractivity contribution in [3.05, 3.63) is 206 Å². The van der Waals surface area contributed by atoms with Crippen LogP contribution < -0.4 is 4.90 Å². The van der Waals surface area contributed by atoms with E-state index in [9.17, 15) is 0 Å². The van der Waals surface area contributed by atoms with E-state index >= 15 is 0 Å². The summed E-state index contributed by atoms with van der Waals surface area (Å²) in [6.45, 7) is 0. The number of fused-ring (bicyclic) bond motifs is 9. The molecule has 0 fully saturated rings. The summed E-state index contributed by atoms with van der Waals surface area (Å²) in [4.78, 5) is 2.32. The molecule has 0 spiro atoms. The molecule has 0 N–H and O–H groups in total. The van der Waals surface area contributed by atoms with Gasteiger partial charge in [0.1, 0.15) is 11.2 Å². The first-order valence-electron chi connectivity index (χ1n) is 19.7. The molecule has 58 heavy (non-hydrogen) atoms. The molecular weight excluding hydrogens is 709 g/mol. The topological polar surface area (TPSA) is 34.5 Å². The first-order valence-corrected chi connectivity index (χ1v) is 19.7. The van der Waals surface area contributed by atoms with Gasteiger partial charge in [-0.3, -0.25) is 4.57 Å². The Hall–Kier alpha value is -7.82. The van der Waals surface area contributed by atoms with E-state index in [0.29, 0.717) is 0 Å². The van der Waals surface area contributed by atoms with E-state index < -0.39 is 0 Å². The predicted octanol–water partition coefficient (Wildman–Crippen LogP) is 15.4. The number of para-hydroxylation sites is 4. The minimum absolute atomic E-state index is 0.858. The molecular formula is C54H34N2O2. The highest BCUT2D eigenvalue weighted by Crippen LogP contribution is 2.45. The lowest BCUT2D eigenvalue weighted by molar-refractivity contribution is 0.645. The Morgan fingerprint density at radius 3 is 1.90 bits per heavy atom. The van der Waals surface area contributed by atoms with Crippen LogP contribution in [0.5, 0.6) is 0 Å². The van der Waals surface area contributed by atoms with E-state index in [4.69, 9.17) is 8.83 Å². The van der Waals surface area contributed by atoms with Gasteiger partial charge in [0.05, 0.1) is 16.6 Å². The lowest BCUT2D eigenvalue weighted by Crippen LogP contribution is -2.10. The first kappa shape index (κ1) is 32.4. The fraction of sp³-hybridized carbons (Fsp3) is 0. The van der Waals surface area contributed by atoms with Gasteiger partial charge in [-0.25, -0.2) is 0 Å². The molecule has 0 radical (unpaired) electrons. The molecule has 0 bridgehead atoms. The summed E-state index contributed by atoms with van der Waals surface area (Å²) < 4.78 is 15.6. The highest BCUT2D eigenvalue weighted by Gasteiger charge is 2.23. The molecule has 0 saturated heterocycles. The van der Waals surface area contributed by atoms with Crippen molar-refractivity contribution < 1.29 is 8.83 Å². The monoisotopic (exact) mass is 742 g/mol. The Balaban J connectivity index is 1.01. The number of anilines is 3. The van der Waals surface area contributed by atoms with Gasteiger partial charge in [-0.15, -0.1) is 0 Å². The number of furan rings is 2. The molecule has 3 aromatic heterocycles. The van der Waals surface area contributed by atoms with E-state index in [2.05, 4.69) is 198 Å². The van der Waals surface area contributed by atoms with Crippen molar-refractivity contribution in [1.82, 2.24) is 4.57 Å². The summed E-state index contributed by atoms with van der Waals surface area (Å²) in [6.07, 6.45) is 0. The Kier molecular flexibility index (Phi) is 7.20. The third-order valence-corrected chi connectivity index (χ3v) is 11.6. The molecule has 12 aromatic rings. The lowest BCUT2D eigenvalue weighted by Gasteiger charge is -2.26. The van der Waals surface area contributed by atoms with Crippen LogP contribution in [0.1, 0.15) is 0 Å². The summed E-state index contributed by atoms with van der Waals surface area (Å²) >= 11 is 0. The largest absolute Gasteiger partial charge is 0.454 e. The number of aromatic nitrogens is 1. The zero-order valence-corrected chi connectivity index (χ0v) is 31.3. The van der Waals surface area contributed by atoms with Crippen molar-refractivity contribution >= 4 is 82.7 Å². The first-order chi connectivity index (χ1) is 28.8. The van der Waals surface area contributed by atoms with Crippen molar-refractivity contribution in [3.8, 4) is 27.9 Å². The van der Waals surface area contributed by atoms with Crippen LogP contribution in [-0.2, 0) is 0 Å². The summed E-state index contributed by atoms with van der Waals surface area (Å²) in [5, 5.41) is 7.95. The van der Waals surface area contributed by atoms with Gasteiger partial charge in [0.2, 0.25) is 5.71 Å². The molecule has 0 saturated carbocycles. The van der Waals surface area contributed by atoms with Crippen LogP contribution in [0.4, 0.5) is 17.1 Å². The van der Waals surface area contributed by atoms with E-state index in [1.807, 2.05) is 18.2 Å². The van der Waals surface area contributed by atoms with Gasteiger partial charge in [-0.05, 0) is 99.8 Å². The zero-order valence-electron chi connectivity index (χ0n) is 31.3. The second kappa shape index (κ2) is 12.9.